The maximum atomic E-state index is 12.6. The fourth-order valence-electron chi connectivity index (χ4n) is 3.08. The van der Waals surface area contributed by atoms with Gasteiger partial charge in [-0.2, -0.15) is 13.2 Å². The molecule has 0 aliphatic carbocycles. The van der Waals surface area contributed by atoms with E-state index in [4.69, 9.17) is 29.6 Å². The predicted molar refractivity (Wildman–Crippen MR) is 127 cm³/mol. The minimum absolute atomic E-state index is 0.0112. The number of carboxylic acids is 3. The summed E-state index contributed by atoms with van der Waals surface area (Å²) < 4.78 is 41.9. The Kier molecular flexibility index (Phi) is 11.2. The highest BCUT2D eigenvalue weighted by Crippen LogP contribution is 2.29. The average molecular weight is 577 g/mol. The molecule has 0 saturated heterocycles. The number of ether oxygens (including phenoxy) is 2. The number of thiophene rings is 1. The molecule has 1 amide bonds. The van der Waals surface area contributed by atoms with E-state index in [0.29, 0.717) is 11.4 Å². The number of halogens is 3. The summed E-state index contributed by atoms with van der Waals surface area (Å²) in [6.07, 6.45) is -3.17. The van der Waals surface area contributed by atoms with E-state index in [1.165, 1.54) is 34.4 Å². The van der Waals surface area contributed by atoms with E-state index >= 15 is 0 Å². The van der Waals surface area contributed by atoms with Gasteiger partial charge in [0.25, 0.3) is 5.91 Å². The lowest BCUT2D eigenvalue weighted by atomic mass is 10.1. The van der Waals surface area contributed by atoms with Gasteiger partial charge in [-0.25, -0.2) is 14.4 Å². The second-order valence-electron chi connectivity index (χ2n) is 7.77. The molecule has 212 valence electrons. The van der Waals surface area contributed by atoms with Crippen LogP contribution in [0.3, 0.4) is 0 Å². The quantitative estimate of drug-likeness (QED) is 0.260. The van der Waals surface area contributed by atoms with Crippen LogP contribution in [0.15, 0.2) is 24.3 Å². The third kappa shape index (κ3) is 10.2. The number of hydrogen-bond acceptors (Lipinski definition) is 9. The van der Waals surface area contributed by atoms with Crippen LogP contribution < -0.4 is 20.1 Å². The molecule has 12 nitrogen and oxygen atoms in total. The van der Waals surface area contributed by atoms with E-state index in [2.05, 4.69) is 10.6 Å². The molecular formula is C23H23F3N2O10S. The molecule has 0 spiro atoms. The first kappa shape index (κ1) is 31.0. The molecule has 1 aliphatic heterocycles. The van der Waals surface area contributed by atoms with Crippen LogP contribution in [0, 0.1) is 0 Å². The number of benzene rings is 1. The van der Waals surface area contributed by atoms with Gasteiger partial charge in [0.1, 0.15) is 0 Å². The number of aliphatic carboxylic acids is 3. The Hall–Kier alpha value is -4.18. The number of alkyl halides is 3. The molecule has 0 unspecified atom stereocenters. The highest BCUT2D eigenvalue weighted by atomic mass is 32.1. The lowest BCUT2D eigenvalue weighted by Crippen LogP contribution is -2.29. The zero-order valence-corrected chi connectivity index (χ0v) is 20.8. The van der Waals surface area contributed by atoms with Gasteiger partial charge in [-0.15, -0.1) is 11.3 Å². The van der Waals surface area contributed by atoms with Crippen molar-refractivity contribution in [1.29, 1.82) is 0 Å². The fourth-order valence-corrected chi connectivity index (χ4v) is 4.22. The summed E-state index contributed by atoms with van der Waals surface area (Å²) >= 11 is 1.42. The van der Waals surface area contributed by atoms with Gasteiger partial charge >= 0.3 is 24.1 Å². The average Bonchev–Trinajstić information content (AvgIpc) is 3.14. The van der Waals surface area contributed by atoms with Gasteiger partial charge in [0, 0.05) is 17.0 Å². The van der Waals surface area contributed by atoms with E-state index in [1.54, 1.807) is 0 Å². The van der Waals surface area contributed by atoms with Gasteiger partial charge in [0.2, 0.25) is 0 Å². The van der Waals surface area contributed by atoms with Gasteiger partial charge in [-0.1, -0.05) is 0 Å². The SMILES string of the molecule is O=C(O)C(F)(F)F.O=C(O)COc1ccc(C(=O)CNC(=O)c2cc3c(s2)CCCNC3)cc1OCC(=O)O. The van der Waals surface area contributed by atoms with Crippen LogP contribution in [0.5, 0.6) is 11.5 Å². The Morgan fingerprint density at radius 1 is 0.974 bits per heavy atom. The van der Waals surface area contributed by atoms with Crippen molar-refractivity contribution < 1.29 is 61.9 Å². The molecule has 0 saturated carbocycles. The first-order valence-corrected chi connectivity index (χ1v) is 11.9. The summed E-state index contributed by atoms with van der Waals surface area (Å²) in [6.45, 7) is 0.0271. The fraction of sp³-hybridized carbons (Fsp3) is 0.348. The number of nitrogens with one attached hydrogen (secondary N) is 2. The third-order valence-electron chi connectivity index (χ3n) is 4.81. The van der Waals surface area contributed by atoms with Crippen molar-refractivity contribution in [3.8, 4) is 11.5 Å². The topological polar surface area (TPSA) is 189 Å². The first-order chi connectivity index (χ1) is 18.3. The lowest BCUT2D eigenvalue weighted by molar-refractivity contribution is -0.192. The van der Waals surface area contributed by atoms with Crippen molar-refractivity contribution in [2.24, 2.45) is 0 Å². The van der Waals surface area contributed by atoms with Crippen molar-refractivity contribution >= 4 is 40.9 Å². The smallest absolute Gasteiger partial charge is 0.479 e. The van der Waals surface area contributed by atoms with Crippen molar-refractivity contribution in [2.75, 3.05) is 26.3 Å². The number of ketones is 1. The molecule has 2 aromatic rings. The van der Waals surface area contributed by atoms with Gasteiger partial charge < -0.3 is 35.4 Å². The van der Waals surface area contributed by atoms with Crippen molar-refractivity contribution in [3.05, 3.63) is 45.1 Å². The summed E-state index contributed by atoms with van der Waals surface area (Å²) in [4.78, 5) is 57.2. The number of hydrogen-bond donors (Lipinski definition) is 5. The van der Waals surface area contributed by atoms with Crippen LogP contribution >= 0.6 is 11.3 Å². The molecule has 3 rings (SSSR count). The Balaban J connectivity index is 0.000000673. The van der Waals surface area contributed by atoms with Crippen LogP contribution in [-0.4, -0.2) is 77.4 Å². The largest absolute Gasteiger partial charge is 0.490 e. The minimum atomic E-state index is -5.08. The lowest BCUT2D eigenvalue weighted by Gasteiger charge is -2.12. The van der Waals surface area contributed by atoms with Gasteiger partial charge in [-0.05, 0) is 49.2 Å². The normalized spacial score (nSPS) is 12.6. The van der Waals surface area contributed by atoms with Crippen molar-refractivity contribution in [2.45, 2.75) is 25.6 Å². The Morgan fingerprint density at radius 3 is 2.18 bits per heavy atom. The van der Waals surface area contributed by atoms with E-state index in [1.807, 2.05) is 6.07 Å². The van der Waals surface area contributed by atoms with Crippen LogP contribution in [-0.2, 0) is 27.3 Å². The first-order valence-electron chi connectivity index (χ1n) is 11.0. The van der Waals surface area contributed by atoms with Crippen LogP contribution in [0.25, 0.3) is 0 Å². The maximum Gasteiger partial charge on any atom is 0.490 e. The predicted octanol–water partition coefficient (Wildman–Crippen LogP) is 1.96. The molecular weight excluding hydrogens is 553 g/mol. The molecule has 0 atom stereocenters. The number of carboxylic acid groups (broad SMARTS) is 3. The second kappa shape index (κ2) is 14.1. The molecule has 1 aliphatic rings. The molecule has 39 heavy (non-hydrogen) atoms. The number of aryl methyl sites for hydroxylation is 1. The molecule has 2 heterocycles. The summed E-state index contributed by atoms with van der Waals surface area (Å²) in [5.74, 6) is -6.10. The molecule has 0 fully saturated rings. The molecule has 16 heteroatoms. The number of carbonyl (C=O) groups is 5. The summed E-state index contributed by atoms with van der Waals surface area (Å²) in [5, 5.41) is 30.6. The number of amides is 1. The van der Waals surface area contributed by atoms with E-state index in [9.17, 15) is 32.3 Å². The highest BCUT2D eigenvalue weighted by molar-refractivity contribution is 7.14. The molecule has 5 N–H and O–H groups in total. The van der Waals surface area contributed by atoms with E-state index in [0.717, 1.165) is 24.9 Å². The number of carbonyl (C=O) groups excluding carboxylic acids is 2. The van der Waals surface area contributed by atoms with Gasteiger partial charge in [0.05, 0.1) is 11.4 Å². The second-order valence-corrected chi connectivity index (χ2v) is 8.91. The monoisotopic (exact) mass is 576 g/mol. The minimum Gasteiger partial charge on any atom is -0.479 e. The zero-order valence-electron chi connectivity index (χ0n) is 20.0. The summed E-state index contributed by atoms with van der Waals surface area (Å²) in [5.41, 5.74) is 1.25. The third-order valence-corrected chi connectivity index (χ3v) is 6.05. The van der Waals surface area contributed by atoms with Crippen LogP contribution in [0.4, 0.5) is 13.2 Å². The Morgan fingerprint density at radius 2 is 1.59 bits per heavy atom. The van der Waals surface area contributed by atoms with E-state index < -0.39 is 43.1 Å². The van der Waals surface area contributed by atoms with Crippen LogP contribution in [0.2, 0.25) is 0 Å². The Labute approximate surface area is 222 Å². The maximum absolute atomic E-state index is 12.6. The van der Waals surface area contributed by atoms with Crippen molar-refractivity contribution in [3.63, 3.8) is 0 Å². The molecule has 1 aromatic carbocycles. The van der Waals surface area contributed by atoms with Gasteiger partial charge in [0.15, 0.2) is 30.5 Å². The van der Waals surface area contributed by atoms with E-state index in [-0.39, 0.29) is 29.5 Å². The van der Waals surface area contributed by atoms with Crippen molar-refractivity contribution in [1.82, 2.24) is 10.6 Å². The van der Waals surface area contributed by atoms with Crippen LogP contribution in [0.1, 0.15) is 36.9 Å². The van der Waals surface area contributed by atoms with Gasteiger partial charge in [-0.3, -0.25) is 9.59 Å². The molecule has 0 bridgehead atoms. The highest BCUT2D eigenvalue weighted by Gasteiger charge is 2.38. The summed E-state index contributed by atoms with van der Waals surface area (Å²) in [6, 6.07) is 5.80. The number of fused-ring (bicyclic) bond motifs is 1. The molecule has 1 aromatic heterocycles. The number of rotatable bonds is 10. The molecule has 0 radical (unpaired) electrons. The summed E-state index contributed by atoms with van der Waals surface area (Å²) in [7, 11) is 0. The standard InChI is InChI=1S/C21H22N2O8S.C2HF3O2/c24-14(9-23-21(29)18-7-13-8-22-5-1-2-17(13)32-18)12-3-4-15(30-10-19(25)26)16(6-12)31-11-20(27)28;3-2(4,5)1(6)7/h3-4,6-7,22H,1-2,5,8-11H2,(H,23,29)(H,25,26)(H,27,28);(H,6,7). The Bertz CT molecular complexity index is 1210. The number of Topliss-reactive ketones (excluding diaryl/α,β-unsaturated/α-hetero) is 1. The zero-order chi connectivity index (χ0) is 29.2.